The van der Waals surface area contributed by atoms with Crippen molar-refractivity contribution in [3.8, 4) is 0 Å². The van der Waals surface area contributed by atoms with Gasteiger partial charge in [-0.3, -0.25) is 14.9 Å². The number of benzene rings is 1. The fraction of sp³-hybridized carbons (Fsp3) is 0.167. The molecule has 0 spiro atoms. The summed E-state index contributed by atoms with van der Waals surface area (Å²) < 4.78 is 0. The van der Waals surface area contributed by atoms with E-state index in [4.69, 9.17) is 17.3 Å². The zero-order valence-corrected chi connectivity index (χ0v) is 12.5. The molecule has 2 aromatic rings. The third-order valence-electron chi connectivity index (χ3n) is 2.78. The molecule has 0 radical (unpaired) electrons. The molecule has 0 atom stereocenters. The molecule has 1 aromatic carbocycles. The molecule has 0 saturated carbocycles. The smallest absolute Gasteiger partial charge is 0.271 e. The van der Waals surface area contributed by atoms with Gasteiger partial charge >= 0.3 is 0 Å². The number of nitro benzene ring substituents is 1. The van der Waals surface area contributed by atoms with Crippen molar-refractivity contribution in [2.75, 3.05) is 12.8 Å². The molecule has 1 amide bonds. The Kier molecular flexibility index (Phi) is 4.39. The van der Waals surface area contributed by atoms with Gasteiger partial charge in [0.2, 0.25) is 0 Å². The van der Waals surface area contributed by atoms with E-state index in [9.17, 15) is 14.9 Å². The quantitative estimate of drug-likeness (QED) is 0.528. The molecule has 0 aliphatic rings. The van der Waals surface area contributed by atoms with Gasteiger partial charge in [0.15, 0.2) is 0 Å². The first-order chi connectivity index (χ1) is 9.90. The van der Waals surface area contributed by atoms with E-state index in [0.717, 1.165) is 17.8 Å². The number of amides is 1. The number of nitrogens with zero attached hydrogens (tertiary/aromatic N) is 3. The Morgan fingerprint density at radius 3 is 2.86 bits per heavy atom. The van der Waals surface area contributed by atoms with Crippen LogP contribution in [-0.4, -0.2) is 27.8 Å². The normalized spacial score (nSPS) is 10.4. The van der Waals surface area contributed by atoms with Crippen molar-refractivity contribution in [3.63, 3.8) is 0 Å². The average Bonchev–Trinajstić information content (AvgIpc) is 2.93. The highest BCUT2D eigenvalue weighted by molar-refractivity contribution is 7.07. The Balaban J connectivity index is 2.31. The van der Waals surface area contributed by atoms with Crippen molar-refractivity contribution in [3.05, 3.63) is 49.4 Å². The summed E-state index contributed by atoms with van der Waals surface area (Å²) in [5.74, 6) is -0.453. The van der Waals surface area contributed by atoms with E-state index >= 15 is 0 Å². The Morgan fingerprint density at radius 1 is 1.57 bits per heavy atom. The number of thiazole rings is 1. The van der Waals surface area contributed by atoms with Gasteiger partial charge in [0.05, 0.1) is 38.9 Å². The first kappa shape index (κ1) is 15.2. The van der Waals surface area contributed by atoms with Gasteiger partial charge in [-0.25, -0.2) is 4.98 Å². The predicted octanol–water partition coefficient (Wildman–Crippen LogP) is 2.56. The van der Waals surface area contributed by atoms with Crippen LogP contribution in [0.15, 0.2) is 23.0 Å². The number of halogens is 1. The van der Waals surface area contributed by atoms with Gasteiger partial charge in [-0.1, -0.05) is 11.6 Å². The summed E-state index contributed by atoms with van der Waals surface area (Å²) in [5.41, 5.74) is 7.89. The highest BCUT2D eigenvalue weighted by atomic mass is 35.5. The molecule has 0 bridgehead atoms. The lowest BCUT2D eigenvalue weighted by Gasteiger charge is -2.17. The largest absolute Gasteiger partial charge is 0.397 e. The minimum absolute atomic E-state index is 0.00642. The summed E-state index contributed by atoms with van der Waals surface area (Å²) >= 11 is 7.26. The first-order valence-corrected chi connectivity index (χ1v) is 7.08. The number of hydrogen-bond donors (Lipinski definition) is 1. The average molecular weight is 327 g/mol. The maximum absolute atomic E-state index is 12.4. The summed E-state index contributed by atoms with van der Waals surface area (Å²) in [6, 6.07) is 2.25. The molecule has 2 rings (SSSR count). The first-order valence-electron chi connectivity index (χ1n) is 5.76. The van der Waals surface area contributed by atoms with Crippen LogP contribution < -0.4 is 5.73 Å². The molecule has 0 unspecified atom stereocenters. The molecule has 1 aromatic heterocycles. The second kappa shape index (κ2) is 6.06. The SMILES string of the molecule is CN(Cc1cscn1)C(=O)c1cc([N+](=O)[O-])cc(Cl)c1N. The standard InChI is InChI=1S/C12H11ClN4O3S/c1-16(4-7-5-21-6-15-7)12(18)9-2-8(17(19)20)3-10(13)11(9)14/h2-3,5-6H,4,14H2,1H3. The van der Waals surface area contributed by atoms with Crippen LogP contribution in [-0.2, 0) is 6.54 Å². The number of hydrogen-bond acceptors (Lipinski definition) is 6. The fourth-order valence-corrected chi connectivity index (χ4v) is 2.49. The van der Waals surface area contributed by atoms with Crippen molar-refractivity contribution in [2.24, 2.45) is 0 Å². The van der Waals surface area contributed by atoms with Crippen molar-refractivity contribution < 1.29 is 9.72 Å². The lowest BCUT2D eigenvalue weighted by Crippen LogP contribution is -2.27. The Bertz CT molecular complexity index is 690. The van der Waals surface area contributed by atoms with E-state index in [1.54, 1.807) is 12.6 Å². The predicted molar refractivity (Wildman–Crippen MR) is 80.4 cm³/mol. The van der Waals surface area contributed by atoms with Gasteiger partial charge in [0, 0.05) is 24.6 Å². The highest BCUT2D eigenvalue weighted by Gasteiger charge is 2.21. The van der Waals surface area contributed by atoms with Crippen molar-refractivity contribution >= 4 is 40.2 Å². The van der Waals surface area contributed by atoms with Crippen LogP contribution in [0.4, 0.5) is 11.4 Å². The van der Waals surface area contributed by atoms with E-state index in [-0.39, 0.29) is 28.5 Å². The third kappa shape index (κ3) is 3.29. The summed E-state index contributed by atoms with van der Waals surface area (Å²) in [5, 5.41) is 12.6. The van der Waals surface area contributed by atoms with Crippen LogP contribution >= 0.6 is 22.9 Å². The lowest BCUT2D eigenvalue weighted by atomic mass is 10.1. The van der Waals surface area contributed by atoms with Gasteiger partial charge in [0.25, 0.3) is 11.6 Å². The van der Waals surface area contributed by atoms with Crippen molar-refractivity contribution in [1.29, 1.82) is 0 Å². The molecule has 9 heteroatoms. The second-order valence-corrected chi connectivity index (χ2v) is 5.41. The minimum Gasteiger partial charge on any atom is -0.397 e. The number of nitro groups is 1. The number of non-ortho nitro benzene ring substituents is 1. The highest BCUT2D eigenvalue weighted by Crippen LogP contribution is 2.29. The molecule has 0 fully saturated rings. The van der Waals surface area contributed by atoms with Crippen LogP contribution in [0.5, 0.6) is 0 Å². The molecular weight excluding hydrogens is 316 g/mol. The van der Waals surface area contributed by atoms with E-state index in [2.05, 4.69) is 4.98 Å². The topological polar surface area (TPSA) is 102 Å². The third-order valence-corrected chi connectivity index (χ3v) is 3.73. The molecule has 0 aliphatic heterocycles. The van der Waals surface area contributed by atoms with E-state index in [0.29, 0.717) is 0 Å². The van der Waals surface area contributed by atoms with Crippen LogP contribution in [0.25, 0.3) is 0 Å². The number of carbonyl (C=O) groups is 1. The second-order valence-electron chi connectivity index (χ2n) is 4.29. The number of rotatable bonds is 4. The van der Waals surface area contributed by atoms with E-state index in [1.807, 2.05) is 5.38 Å². The maximum Gasteiger partial charge on any atom is 0.271 e. The van der Waals surface area contributed by atoms with Gasteiger partial charge in [-0.15, -0.1) is 11.3 Å². The Hall–Kier alpha value is -2.19. The van der Waals surface area contributed by atoms with E-state index < -0.39 is 10.8 Å². The Morgan fingerprint density at radius 2 is 2.29 bits per heavy atom. The number of nitrogen functional groups attached to an aromatic ring is 1. The number of carbonyl (C=O) groups excluding carboxylic acids is 1. The fourth-order valence-electron chi connectivity index (χ4n) is 1.72. The summed E-state index contributed by atoms with van der Waals surface area (Å²) in [7, 11) is 1.56. The monoisotopic (exact) mass is 326 g/mol. The summed E-state index contributed by atoms with van der Waals surface area (Å²) in [6.45, 7) is 0.280. The van der Waals surface area contributed by atoms with Crippen LogP contribution in [0.3, 0.4) is 0 Å². The summed E-state index contributed by atoms with van der Waals surface area (Å²) in [4.78, 5) is 28.0. The van der Waals surface area contributed by atoms with Crippen molar-refractivity contribution in [2.45, 2.75) is 6.54 Å². The molecule has 21 heavy (non-hydrogen) atoms. The maximum atomic E-state index is 12.4. The zero-order valence-electron chi connectivity index (χ0n) is 10.9. The van der Waals surface area contributed by atoms with Crippen LogP contribution in [0.1, 0.15) is 16.1 Å². The molecule has 7 nitrogen and oxygen atoms in total. The van der Waals surface area contributed by atoms with Crippen LogP contribution in [0, 0.1) is 10.1 Å². The Labute approximate surface area is 129 Å². The molecule has 1 heterocycles. The molecule has 0 saturated heterocycles. The molecular formula is C12H11ClN4O3S. The van der Waals surface area contributed by atoms with Gasteiger partial charge < -0.3 is 10.6 Å². The lowest BCUT2D eigenvalue weighted by molar-refractivity contribution is -0.384. The zero-order chi connectivity index (χ0) is 15.6. The van der Waals surface area contributed by atoms with E-state index in [1.165, 1.54) is 16.2 Å². The number of aromatic nitrogens is 1. The van der Waals surface area contributed by atoms with Crippen LogP contribution in [0.2, 0.25) is 5.02 Å². The minimum atomic E-state index is -0.622. The summed E-state index contributed by atoms with van der Waals surface area (Å²) in [6.07, 6.45) is 0. The molecule has 0 aliphatic carbocycles. The van der Waals surface area contributed by atoms with Gasteiger partial charge in [-0.2, -0.15) is 0 Å². The van der Waals surface area contributed by atoms with Gasteiger partial charge in [-0.05, 0) is 0 Å². The van der Waals surface area contributed by atoms with Crippen molar-refractivity contribution in [1.82, 2.24) is 9.88 Å². The number of anilines is 1. The molecule has 2 N–H and O–H groups in total. The van der Waals surface area contributed by atoms with Gasteiger partial charge in [0.1, 0.15) is 0 Å². The number of nitrogens with two attached hydrogens (primary N) is 1. The molecule has 110 valence electrons.